The predicted molar refractivity (Wildman–Crippen MR) is 131 cm³/mol. The molecule has 2 N–H and O–H groups in total. The van der Waals surface area contributed by atoms with Crippen LogP contribution >= 0.6 is 24.0 Å². The van der Waals surface area contributed by atoms with Crippen LogP contribution in [0.2, 0.25) is 0 Å². The quantitative estimate of drug-likeness (QED) is 0.250. The topological polar surface area (TPSA) is 69.6 Å². The second-order valence-electron chi connectivity index (χ2n) is 6.85. The molecule has 3 rings (SSSR count). The van der Waals surface area contributed by atoms with Gasteiger partial charge in [0.15, 0.2) is 5.96 Å². The molecule has 0 aliphatic carbocycles. The Morgan fingerprint density at radius 1 is 1.03 bits per heavy atom. The Bertz CT molecular complexity index is 793. The summed E-state index contributed by atoms with van der Waals surface area (Å²) in [5, 5.41) is 13.5. The van der Waals surface area contributed by atoms with Gasteiger partial charge in [0.05, 0.1) is 12.3 Å². The number of para-hydroxylation sites is 2. The highest BCUT2D eigenvalue weighted by molar-refractivity contribution is 14.0. The molecule has 0 aromatic heterocycles. The number of nitrogens with one attached hydrogen (secondary N) is 1. The van der Waals surface area contributed by atoms with Crippen molar-refractivity contribution in [3.63, 3.8) is 0 Å². The normalized spacial score (nSPS) is 14.3. The van der Waals surface area contributed by atoms with Crippen LogP contribution in [0, 0.1) is 0 Å². The molecular weight excluding hydrogens is 495 g/mol. The standard InChI is InChI=1S/C22H30N4O3.HI/c1-23-22(24-17-18-7-9-19(10-8-18)29-16-15-28-2)26-13-11-25(12-14-26)20-5-3-4-6-21(20)27;/h3-10,27H,11-17H2,1-2H3,(H,23,24);1H. The van der Waals surface area contributed by atoms with Crippen LogP contribution in [0.5, 0.6) is 11.5 Å². The first-order valence-corrected chi connectivity index (χ1v) is 9.90. The van der Waals surface area contributed by atoms with Crippen molar-refractivity contribution in [3.05, 3.63) is 54.1 Å². The summed E-state index contributed by atoms with van der Waals surface area (Å²) in [5.74, 6) is 2.07. The fourth-order valence-corrected chi connectivity index (χ4v) is 3.35. The third kappa shape index (κ3) is 6.66. The van der Waals surface area contributed by atoms with Gasteiger partial charge in [-0.3, -0.25) is 4.99 Å². The number of halogens is 1. The molecule has 1 aliphatic rings. The lowest BCUT2D eigenvalue weighted by atomic mass is 10.2. The Balaban J connectivity index is 0.00000320. The molecule has 1 aliphatic heterocycles. The number of hydrogen-bond acceptors (Lipinski definition) is 5. The van der Waals surface area contributed by atoms with Crippen LogP contribution < -0.4 is 15.0 Å². The number of nitrogens with zero attached hydrogens (tertiary/aromatic N) is 3. The zero-order chi connectivity index (χ0) is 20.5. The number of aliphatic imine (C=N–C) groups is 1. The molecule has 0 unspecified atom stereocenters. The molecule has 0 spiro atoms. The van der Waals surface area contributed by atoms with Crippen LogP contribution in [-0.4, -0.2) is 69.5 Å². The SMILES string of the molecule is CN=C(NCc1ccc(OCCOC)cc1)N1CCN(c2ccccc2O)CC1.I. The minimum atomic E-state index is 0. The largest absolute Gasteiger partial charge is 0.506 e. The van der Waals surface area contributed by atoms with Gasteiger partial charge in [0.1, 0.15) is 18.1 Å². The van der Waals surface area contributed by atoms with E-state index >= 15 is 0 Å². The second-order valence-corrected chi connectivity index (χ2v) is 6.85. The zero-order valence-corrected chi connectivity index (χ0v) is 19.9. The summed E-state index contributed by atoms with van der Waals surface area (Å²) in [4.78, 5) is 8.89. The first-order chi connectivity index (χ1) is 14.2. The van der Waals surface area contributed by atoms with E-state index in [0.717, 1.165) is 49.1 Å². The number of piperazine rings is 1. The first-order valence-electron chi connectivity index (χ1n) is 9.90. The van der Waals surface area contributed by atoms with Gasteiger partial charge in [0, 0.05) is 46.9 Å². The molecule has 30 heavy (non-hydrogen) atoms. The highest BCUT2D eigenvalue weighted by atomic mass is 127. The molecule has 8 heteroatoms. The number of methoxy groups -OCH3 is 1. The Hall–Kier alpha value is -2.20. The highest BCUT2D eigenvalue weighted by Crippen LogP contribution is 2.27. The van der Waals surface area contributed by atoms with Crippen molar-refractivity contribution in [1.82, 2.24) is 10.2 Å². The van der Waals surface area contributed by atoms with Crippen LogP contribution in [0.4, 0.5) is 5.69 Å². The molecule has 0 saturated carbocycles. The number of anilines is 1. The smallest absolute Gasteiger partial charge is 0.194 e. The maximum atomic E-state index is 10.1. The lowest BCUT2D eigenvalue weighted by molar-refractivity contribution is 0.146. The Morgan fingerprint density at radius 3 is 2.37 bits per heavy atom. The summed E-state index contributed by atoms with van der Waals surface area (Å²) in [7, 11) is 3.47. The van der Waals surface area contributed by atoms with Crippen molar-refractivity contribution < 1.29 is 14.6 Å². The number of phenolic OH excluding ortho intramolecular Hbond substituents is 1. The van der Waals surface area contributed by atoms with Crippen molar-refractivity contribution in [2.45, 2.75) is 6.54 Å². The molecule has 0 radical (unpaired) electrons. The summed E-state index contributed by atoms with van der Waals surface area (Å²) < 4.78 is 10.6. The van der Waals surface area contributed by atoms with Gasteiger partial charge in [-0.05, 0) is 29.8 Å². The van der Waals surface area contributed by atoms with Crippen molar-refractivity contribution in [3.8, 4) is 11.5 Å². The molecule has 1 heterocycles. The van der Waals surface area contributed by atoms with Gasteiger partial charge in [0.2, 0.25) is 0 Å². The van der Waals surface area contributed by atoms with E-state index in [1.807, 2.05) is 37.4 Å². The van der Waals surface area contributed by atoms with E-state index in [-0.39, 0.29) is 24.0 Å². The van der Waals surface area contributed by atoms with Crippen LogP contribution in [-0.2, 0) is 11.3 Å². The van der Waals surface area contributed by atoms with Gasteiger partial charge in [-0.25, -0.2) is 0 Å². The zero-order valence-electron chi connectivity index (χ0n) is 17.6. The van der Waals surface area contributed by atoms with Gasteiger partial charge < -0.3 is 29.7 Å². The molecule has 1 saturated heterocycles. The minimum Gasteiger partial charge on any atom is -0.506 e. The van der Waals surface area contributed by atoms with E-state index in [4.69, 9.17) is 9.47 Å². The average molecular weight is 526 g/mol. The van der Waals surface area contributed by atoms with E-state index in [2.05, 4.69) is 32.2 Å². The Morgan fingerprint density at radius 2 is 1.73 bits per heavy atom. The molecule has 1 fully saturated rings. The molecule has 2 aromatic rings. The molecule has 164 valence electrons. The van der Waals surface area contributed by atoms with Crippen LogP contribution in [0.1, 0.15) is 5.56 Å². The maximum absolute atomic E-state index is 10.1. The van der Waals surface area contributed by atoms with Gasteiger partial charge in [-0.1, -0.05) is 24.3 Å². The molecule has 2 aromatic carbocycles. The number of rotatable bonds is 7. The van der Waals surface area contributed by atoms with E-state index in [9.17, 15) is 5.11 Å². The summed E-state index contributed by atoms with van der Waals surface area (Å²) in [6.07, 6.45) is 0. The fraction of sp³-hybridized carbons (Fsp3) is 0.409. The maximum Gasteiger partial charge on any atom is 0.194 e. The third-order valence-corrected chi connectivity index (χ3v) is 4.94. The number of aromatic hydroxyl groups is 1. The molecular formula is C22H31IN4O3. The third-order valence-electron chi connectivity index (χ3n) is 4.94. The van der Waals surface area contributed by atoms with Crippen molar-refractivity contribution >= 4 is 35.6 Å². The van der Waals surface area contributed by atoms with Crippen molar-refractivity contribution in [2.24, 2.45) is 4.99 Å². The van der Waals surface area contributed by atoms with E-state index in [0.29, 0.717) is 25.5 Å². The summed E-state index contributed by atoms with van der Waals surface area (Å²) in [6.45, 7) is 5.20. The minimum absolute atomic E-state index is 0. The summed E-state index contributed by atoms with van der Waals surface area (Å²) >= 11 is 0. The average Bonchev–Trinajstić information content (AvgIpc) is 2.76. The monoisotopic (exact) mass is 526 g/mol. The second kappa shape index (κ2) is 12.5. The van der Waals surface area contributed by atoms with E-state index in [1.165, 1.54) is 0 Å². The first kappa shape index (κ1) is 24.1. The van der Waals surface area contributed by atoms with Gasteiger partial charge in [-0.15, -0.1) is 24.0 Å². The number of hydrogen-bond donors (Lipinski definition) is 2. The number of benzene rings is 2. The van der Waals surface area contributed by atoms with E-state index in [1.54, 1.807) is 13.2 Å². The molecule has 7 nitrogen and oxygen atoms in total. The Labute approximate surface area is 195 Å². The summed E-state index contributed by atoms with van der Waals surface area (Å²) in [5.41, 5.74) is 2.06. The van der Waals surface area contributed by atoms with Crippen molar-refractivity contribution in [1.29, 1.82) is 0 Å². The molecule has 0 bridgehead atoms. The van der Waals surface area contributed by atoms with Crippen LogP contribution in [0.3, 0.4) is 0 Å². The molecule has 0 amide bonds. The van der Waals surface area contributed by atoms with Crippen LogP contribution in [0.25, 0.3) is 0 Å². The number of phenols is 1. The molecule has 0 atom stereocenters. The lowest BCUT2D eigenvalue weighted by Crippen LogP contribution is -2.52. The van der Waals surface area contributed by atoms with Gasteiger partial charge in [0.25, 0.3) is 0 Å². The Kier molecular flexibility index (Phi) is 10.0. The van der Waals surface area contributed by atoms with E-state index < -0.39 is 0 Å². The highest BCUT2D eigenvalue weighted by Gasteiger charge is 2.21. The summed E-state index contributed by atoms with van der Waals surface area (Å²) in [6, 6.07) is 15.5. The van der Waals surface area contributed by atoms with Crippen LogP contribution in [0.15, 0.2) is 53.5 Å². The number of guanidine groups is 1. The van der Waals surface area contributed by atoms with Gasteiger partial charge in [-0.2, -0.15) is 0 Å². The van der Waals surface area contributed by atoms with Crippen molar-refractivity contribution in [2.75, 3.05) is 58.5 Å². The van der Waals surface area contributed by atoms with Gasteiger partial charge >= 0.3 is 0 Å². The predicted octanol–water partition coefficient (Wildman–Crippen LogP) is 2.93. The lowest BCUT2D eigenvalue weighted by Gasteiger charge is -2.37. The fourth-order valence-electron chi connectivity index (χ4n) is 3.35. The number of ether oxygens (including phenoxy) is 2.